The molecule has 2 N–H and O–H groups in total. The minimum absolute atomic E-state index is 0.146. The van der Waals surface area contributed by atoms with E-state index in [-0.39, 0.29) is 12.2 Å². The first-order valence-corrected chi connectivity index (χ1v) is 8.21. The second kappa shape index (κ2) is 6.98. The van der Waals surface area contributed by atoms with Crippen molar-refractivity contribution >= 4 is 39.7 Å². The summed E-state index contributed by atoms with van der Waals surface area (Å²) in [7, 11) is 0. The highest BCUT2D eigenvalue weighted by Gasteiger charge is 2.16. The van der Waals surface area contributed by atoms with Crippen molar-refractivity contribution in [2.75, 3.05) is 5.32 Å². The summed E-state index contributed by atoms with van der Waals surface area (Å²) in [4.78, 5) is 16.2. The number of thiazole rings is 1. The molecule has 0 radical (unpaired) electrons. The van der Waals surface area contributed by atoms with Gasteiger partial charge < -0.3 is 10.4 Å². The van der Waals surface area contributed by atoms with Gasteiger partial charge in [0.25, 0.3) is 0 Å². The molecule has 3 aromatic rings. The lowest BCUT2D eigenvalue weighted by atomic mass is 10.1. The SMILES string of the molecule is O=C(O)Cc1sc(Nc2ccc(Cl)cc2)nc1-c1ccc(F)cc1. The first-order chi connectivity index (χ1) is 11.5. The molecule has 0 saturated carbocycles. The standard InChI is InChI=1S/C17H12ClFN2O2S/c18-11-3-7-13(8-4-11)20-17-21-16(14(24-17)9-15(22)23)10-1-5-12(19)6-2-10/h1-8H,9H2,(H,20,21)(H,22,23). The lowest BCUT2D eigenvalue weighted by Crippen LogP contribution is -1.99. The quantitative estimate of drug-likeness (QED) is 0.672. The first kappa shape index (κ1) is 16.4. The Labute approximate surface area is 146 Å². The number of rotatable bonds is 5. The summed E-state index contributed by atoms with van der Waals surface area (Å²) in [5, 5.41) is 13.4. The molecule has 0 aliphatic rings. The molecule has 0 aliphatic carbocycles. The molecule has 0 unspecified atom stereocenters. The van der Waals surface area contributed by atoms with E-state index in [2.05, 4.69) is 10.3 Å². The zero-order valence-electron chi connectivity index (χ0n) is 12.3. The number of anilines is 2. The van der Waals surface area contributed by atoms with E-state index < -0.39 is 5.97 Å². The molecule has 1 heterocycles. The van der Waals surface area contributed by atoms with Crippen LogP contribution in [0.4, 0.5) is 15.2 Å². The molecule has 1 aromatic heterocycles. The number of aliphatic carboxylic acids is 1. The fourth-order valence-electron chi connectivity index (χ4n) is 2.15. The summed E-state index contributed by atoms with van der Waals surface area (Å²) in [5.74, 6) is -1.30. The number of benzene rings is 2. The van der Waals surface area contributed by atoms with Crippen molar-refractivity contribution in [3.05, 3.63) is 64.2 Å². The van der Waals surface area contributed by atoms with Gasteiger partial charge in [-0.2, -0.15) is 0 Å². The molecule has 24 heavy (non-hydrogen) atoms. The zero-order chi connectivity index (χ0) is 17.1. The molecule has 122 valence electrons. The highest BCUT2D eigenvalue weighted by molar-refractivity contribution is 7.16. The Morgan fingerprint density at radius 2 is 1.83 bits per heavy atom. The number of hydrogen-bond donors (Lipinski definition) is 2. The Hall–Kier alpha value is -2.44. The van der Waals surface area contributed by atoms with E-state index >= 15 is 0 Å². The largest absolute Gasteiger partial charge is 0.481 e. The van der Waals surface area contributed by atoms with Crippen molar-refractivity contribution in [2.45, 2.75) is 6.42 Å². The van der Waals surface area contributed by atoms with Crippen LogP contribution in [0.1, 0.15) is 4.88 Å². The summed E-state index contributed by atoms with van der Waals surface area (Å²) in [6.07, 6.45) is -0.146. The molecule has 0 amide bonds. The van der Waals surface area contributed by atoms with Crippen LogP contribution < -0.4 is 5.32 Å². The van der Waals surface area contributed by atoms with Crippen molar-refractivity contribution in [3.63, 3.8) is 0 Å². The average molecular weight is 363 g/mol. The van der Waals surface area contributed by atoms with Gasteiger partial charge in [-0.15, -0.1) is 11.3 Å². The van der Waals surface area contributed by atoms with Gasteiger partial charge in [0.2, 0.25) is 0 Å². The van der Waals surface area contributed by atoms with Crippen LogP contribution in [0.3, 0.4) is 0 Å². The van der Waals surface area contributed by atoms with Crippen LogP contribution in [0.25, 0.3) is 11.3 Å². The number of halogens is 2. The molecular weight excluding hydrogens is 351 g/mol. The van der Waals surface area contributed by atoms with Crippen LogP contribution in [-0.4, -0.2) is 16.1 Å². The van der Waals surface area contributed by atoms with Gasteiger partial charge in [-0.25, -0.2) is 9.37 Å². The van der Waals surface area contributed by atoms with Gasteiger partial charge in [0.05, 0.1) is 12.1 Å². The molecule has 4 nitrogen and oxygen atoms in total. The van der Waals surface area contributed by atoms with E-state index in [1.807, 2.05) is 0 Å². The Bertz CT molecular complexity index is 863. The molecule has 7 heteroatoms. The third kappa shape index (κ3) is 3.90. The maximum Gasteiger partial charge on any atom is 0.308 e. The van der Waals surface area contributed by atoms with Gasteiger partial charge in [0.1, 0.15) is 5.82 Å². The lowest BCUT2D eigenvalue weighted by molar-refractivity contribution is -0.136. The van der Waals surface area contributed by atoms with Crippen molar-refractivity contribution in [1.29, 1.82) is 0 Å². The second-order valence-electron chi connectivity index (χ2n) is 5.00. The predicted molar refractivity (Wildman–Crippen MR) is 93.6 cm³/mol. The van der Waals surface area contributed by atoms with Crippen LogP contribution in [0.5, 0.6) is 0 Å². The molecule has 0 aliphatic heterocycles. The fraction of sp³-hybridized carbons (Fsp3) is 0.0588. The van der Waals surface area contributed by atoms with Crippen molar-refractivity contribution in [2.24, 2.45) is 0 Å². The van der Waals surface area contributed by atoms with Crippen LogP contribution in [-0.2, 0) is 11.2 Å². The maximum atomic E-state index is 13.1. The third-order valence-electron chi connectivity index (χ3n) is 3.22. The molecular formula is C17H12ClFN2O2S. The molecule has 0 fully saturated rings. The van der Waals surface area contributed by atoms with Gasteiger partial charge in [-0.1, -0.05) is 11.6 Å². The minimum atomic E-state index is -0.944. The first-order valence-electron chi connectivity index (χ1n) is 7.01. The van der Waals surface area contributed by atoms with Crippen LogP contribution >= 0.6 is 22.9 Å². The van der Waals surface area contributed by atoms with E-state index in [0.717, 1.165) is 5.69 Å². The van der Waals surface area contributed by atoms with Gasteiger partial charge >= 0.3 is 5.97 Å². The summed E-state index contributed by atoms with van der Waals surface area (Å²) in [6, 6.07) is 12.9. The number of carboxylic acid groups (broad SMARTS) is 1. The van der Waals surface area contributed by atoms with E-state index in [0.29, 0.717) is 26.3 Å². The van der Waals surface area contributed by atoms with E-state index in [1.165, 1.54) is 23.5 Å². The van der Waals surface area contributed by atoms with Crippen LogP contribution in [0, 0.1) is 5.82 Å². The Morgan fingerprint density at radius 3 is 2.46 bits per heavy atom. The van der Waals surface area contributed by atoms with Crippen molar-refractivity contribution in [1.82, 2.24) is 4.98 Å². The van der Waals surface area contributed by atoms with Gasteiger partial charge in [-0.3, -0.25) is 4.79 Å². The molecule has 0 spiro atoms. The lowest BCUT2D eigenvalue weighted by Gasteiger charge is -2.02. The number of hydrogen-bond acceptors (Lipinski definition) is 4. The second-order valence-corrected chi connectivity index (χ2v) is 6.52. The molecule has 0 saturated heterocycles. The highest BCUT2D eigenvalue weighted by Crippen LogP contribution is 2.33. The third-order valence-corrected chi connectivity index (χ3v) is 4.45. The Morgan fingerprint density at radius 1 is 1.17 bits per heavy atom. The minimum Gasteiger partial charge on any atom is -0.481 e. The summed E-state index contributed by atoms with van der Waals surface area (Å²) in [5.41, 5.74) is 2.01. The van der Waals surface area contributed by atoms with Crippen molar-refractivity contribution in [3.8, 4) is 11.3 Å². The number of nitrogens with zero attached hydrogens (tertiary/aromatic N) is 1. The van der Waals surface area contributed by atoms with E-state index in [9.17, 15) is 9.18 Å². The number of aromatic nitrogens is 1. The van der Waals surface area contributed by atoms with E-state index in [1.54, 1.807) is 36.4 Å². The Kier molecular flexibility index (Phi) is 4.78. The summed E-state index contributed by atoms with van der Waals surface area (Å²) < 4.78 is 13.1. The predicted octanol–water partition coefficient (Wildman–Crippen LogP) is 4.97. The monoisotopic (exact) mass is 362 g/mol. The van der Waals surface area contributed by atoms with Gasteiger partial charge in [0, 0.05) is 21.2 Å². The van der Waals surface area contributed by atoms with E-state index in [4.69, 9.17) is 16.7 Å². The molecule has 0 bridgehead atoms. The van der Waals surface area contributed by atoms with Gasteiger partial charge in [-0.05, 0) is 48.5 Å². The smallest absolute Gasteiger partial charge is 0.308 e. The molecule has 2 aromatic carbocycles. The van der Waals surface area contributed by atoms with Gasteiger partial charge in [0.15, 0.2) is 5.13 Å². The topological polar surface area (TPSA) is 62.2 Å². The number of carbonyl (C=O) groups is 1. The number of carboxylic acids is 1. The normalized spacial score (nSPS) is 10.6. The Balaban J connectivity index is 1.94. The maximum absolute atomic E-state index is 13.1. The fourth-order valence-corrected chi connectivity index (χ4v) is 3.27. The summed E-state index contributed by atoms with van der Waals surface area (Å²) in [6.45, 7) is 0. The number of nitrogens with one attached hydrogen (secondary N) is 1. The van der Waals surface area contributed by atoms with Crippen molar-refractivity contribution < 1.29 is 14.3 Å². The molecule has 3 rings (SSSR count). The summed E-state index contributed by atoms with van der Waals surface area (Å²) >= 11 is 7.11. The van der Waals surface area contributed by atoms with Crippen LogP contribution in [0.2, 0.25) is 5.02 Å². The average Bonchev–Trinajstić information content (AvgIpc) is 2.92. The zero-order valence-corrected chi connectivity index (χ0v) is 13.9. The van der Waals surface area contributed by atoms with Crippen LogP contribution in [0.15, 0.2) is 48.5 Å². The highest BCUT2D eigenvalue weighted by atomic mass is 35.5. The molecule has 0 atom stereocenters.